The Morgan fingerprint density at radius 1 is 0.880 bits per heavy atom. The average molecular weight is 744 g/mol. The molecule has 1 amide bonds. The van der Waals surface area contributed by atoms with Crippen molar-refractivity contribution in [1.29, 1.82) is 0 Å². The number of carbonyl (C=O) groups is 1. The summed E-state index contributed by atoms with van der Waals surface area (Å²) in [6, 6.07) is 37.3. The Morgan fingerprint density at radius 2 is 1.56 bits per heavy atom. The van der Waals surface area contributed by atoms with E-state index in [1.807, 2.05) is 97.9 Å². The zero-order valence-corrected chi connectivity index (χ0v) is 29.3. The van der Waals surface area contributed by atoms with Crippen molar-refractivity contribution in [2.24, 2.45) is 5.10 Å². The Morgan fingerprint density at radius 3 is 2.30 bits per heavy atom. The molecule has 1 aliphatic rings. The predicted octanol–water partition coefficient (Wildman–Crippen LogP) is 8.40. The molecule has 1 aromatic heterocycles. The molecule has 0 spiro atoms. The molecule has 10 heteroatoms. The Bertz CT molecular complexity index is 2460. The summed E-state index contributed by atoms with van der Waals surface area (Å²) < 4.78 is 30.2. The van der Waals surface area contributed by atoms with Gasteiger partial charge in [0.1, 0.15) is 0 Å². The number of aromatic amines is 1. The second-order valence-corrected chi connectivity index (χ2v) is 14.6. The van der Waals surface area contributed by atoms with Crippen LogP contribution in [0.2, 0.25) is 0 Å². The number of sulfonamides is 1. The number of pyridine rings is 1. The van der Waals surface area contributed by atoms with Crippen molar-refractivity contribution in [2.75, 3.05) is 4.72 Å². The van der Waals surface area contributed by atoms with Crippen molar-refractivity contribution in [3.8, 4) is 11.1 Å². The topological polar surface area (TPSA) is 112 Å². The summed E-state index contributed by atoms with van der Waals surface area (Å²) >= 11 is 3.58. The molecule has 7 rings (SSSR count). The van der Waals surface area contributed by atoms with Gasteiger partial charge in [-0.3, -0.25) is 14.3 Å². The van der Waals surface area contributed by atoms with Gasteiger partial charge in [-0.25, -0.2) is 13.4 Å². The maximum Gasteiger partial charge on any atom is 0.276 e. The number of benzene rings is 5. The first-order valence-electron chi connectivity index (χ1n) is 15.9. The van der Waals surface area contributed by atoms with Crippen molar-refractivity contribution in [3.63, 3.8) is 0 Å². The molecule has 8 nitrogen and oxygen atoms in total. The average Bonchev–Trinajstić information content (AvgIpc) is 3.55. The van der Waals surface area contributed by atoms with E-state index in [9.17, 15) is 18.0 Å². The Labute approximate surface area is 298 Å². The van der Waals surface area contributed by atoms with Gasteiger partial charge in [-0.2, -0.15) is 5.10 Å². The van der Waals surface area contributed by atoms with Crippen LogP contribution in [-0.2, 0) is 10.0 Å². The minimum Gasteiger partial charge on any atom is -0.321 e. The molecule has 1 atom stereocenters. The Hall–Kier alpha value is -5.58. The maximum absolute atomic E-state index is 14.5. The van der Waals surface area contributed by atoms with Crippen molar-refractivity contribution in [3.05, 3.63) is 171 Å². The molecule has 6 aromatic rings. The molecular formula is C40H31BrN4O4S. The summed E-state index contributed by atoms with van der Waals surface area (Å²) in [5, 5.41) is 7.01. The molecule has 0 radical (unpaired) electrons. The molecule has 2 heterocycles. The number of nitrogens with zero attached hydrogens (tertiary/aromatic N) is 2. The highest BCUT2D eigenvalue weighted by Crippen LogP contribution is 2.35. The van der Waals surface area contributed by atoms with Gasteiger partial charge in [-0.1, -0.05) is 119 Å². The summed E-state index contributed by atoms with van der Waals surface area (Å²) in [7, 11) is -4.01. The summed E-state index contributed by atoms with van der Waals surface area (Å²) in [6.45, 7) is 1.87. The highest BCUT2D eigenvalue weighted by Gasteiger charge is 2.35. The van der Waals surface area contributed by atoms with E-state index in [0.717, 1.165) is 26.5 Å². The molecule has 0 unspecified atom stereocenters. The minimum absolute atomic E-state index is 0.0751. The number of rotatable bonds is 8. The second kappa shape index (κ2) is 13.7. The van der Waals surface area contributed by atoms with Gasteiger partial charge < -0.3 is 4.98 Å². The molecule has 0 bridgehead atoms. The lowest BCUT2D eigenvalue weighted by Crippen LogP contribution is -2.32. The number of H-pyrrole nitrogens is 1. The van der Waals surface area contributed by atoms with Crippen molar-refractivity contribution in [2.45, 2.75) is 24.3 Å². The molecule has 0 saturated carbocycles. The van der Waals surface area contributed by atoms with Gasteiger partial charge in [0, 0.05) is 27.4 Å². The number of fused-ring (bicyclic) bond motifs is 1. The predicted molar refractivity (Wildman–Crippen MR) is 203 cm³/mol. The standard InChI is InChI=1S/C40H31BrN4O4S/c1-26-16-21-31(22-17-26)50(48,49)44-35-15-9-8-14-32(35)40(47)45-30(20-18-27-10-4-2-5-11-27)25-36(43-45)38-37(28-12-6-3-7-13-28)33-24-29(41)19-23-34(33)42-39(38)46/h2-24,30,44H,25H2,1H3,(H,42,46)/b20-18+/t30-/m0/s1. The first-order chi connectivity index (χ1) is 24.2. The molecule has 0 saturated heterocycles. The van der Waals surface area contributed by atoms with E-state index in [2.05, 4.69) is 25.6 Å². The fourth-order valence-corrected chi connectivity index (χ4v) is 7.50. The number of halogens is 1. The van der Waals surface area contributed by atoms with Crippen LogP contribution in [0.1, 0.15) is 33.5 Å². The molecule has 248 valence electrons. The maximum atomic E-state index is 14.5. The smallest absolute Gasteiger partial charge is 0.276 e. The molecule has 0 aliphatic carbocycles. The van der Waals surface area contributed by atoms with Gasteiger partial charge in [-0.05, 0) is 60.5 Å². The van der Waals surface area contributed by atoms with Crippen LogP contribution in [0.5, 0.6) is 0 Å². The van der Waals surface area contributed by atoms with Crippen LogP contribution in [0.3, 0.4) is 0 Å². The third-order valence-corrected chi connectivity index (χ3v) is 10.4. The van der Waals surface area contributed by atoms with E-state index in [-0.39, 0.29) is 28.1 Å². The number of hydrazone groups is 1. The summed E-state index contributed by atoms with van der Waals surface area (Å²) in [6.07, 6.45) is 4.04. The molecule has 50 heavy (non-hydrogen) atoms. The van der Waals surface area contributed by atoms with Gasteiger partial charge in [0.2, 0.25) is 0 Å². The lowest BCUT2D eigenvalue weighted by molar-refractivity contribution is 0.0743. The molecule has 5 aromatic carbocycles. The SMILES string of the molecule is Cc1ccc(S(=O)(=O)Nc2ccccc2C(=O)N2N=C(c3c(-c4ccccc4)c4cc(Br)ccc4[nH]c3=O)C[C@@H]2/C=C/c2ccccc2)cc1. The van der Waals surface area contributed by atoms with E-state index < -0.39 is 22.0 Å². The highest BCUT2D eigenvalue weighted by molar-refractivity contribution is 9.10. The van der Waals surface area contributed by atoms with Crippen molar-refractivity contribution < 1.29 is 13.2 Å². The highest BCUT2D eigenvalue weighted by atomic mass is 79.9. The normalized spacial score (nSPS) is 14.6. The van der Waals surface area contributed by atoms with Crippen LogP contribution in [0, 0.1) is 6.92 Å². The van der Waals surface area contributed by atoms with Crippen LogP contribution in [-0.4, -0.2) is 36.1 Å². The largest absolute Gasteiger partial charge is 0.321 e. The number of carbonyl (C=O) groups excluding carboxylic acids is 1. The first kappa shape index (κ1) is 32.9. The Balaban J connectivity index is 1.35. The van der Waals surface area contributed by atoms with Crippen LogP contribution in [0.25, 0.3) is 28.1 Å². The first-order valence-corrected chi connectivity index (χ1v) is 18.2. The van der Waals surface area contributed by atoms with Crippen LogP contribution in [0.4, 0.5) is 5.69 Å². The van der Waals surface area contributed by atoms with Crippen molar-refractivity contribution >= 4 is 60.2 Å². The molecule has 2 N–H and O–H groups in total. The molecule has 1 aliphatic heterocycles. The fourth-order valence-electron chi connectivity index (χ4n) is 6.06. The van der Waals surface area contributed by atoms with Gasteiger partial charge >= 0.3 is 0 Å². The van der Waals surface area contributed by atoms with E-state index in [1.165, 1.54) is 17.1 Å². The summed E-state index contributed by atoms with van der Waals surface area (Å²) in [5.74, 6) is -0.522. The number of amides is 1. The zero-order valence-electron chi connectivity index (χ0n) is 26.9. The Kier molecular flexibility index (Phi) is 9.05. The summed E-state index contributed by atoms with van der Waals surface area (Å²) in [5.41, 5.74) is 4.75. The van der Waals surface area contributed by atoms with Crippen LogP contribution in [0.15, 0.2) is 153 Å². The van der Waals surface area contributed by atoms with E-state index in [0.29, 0.717) is 22.4 Å². The van der Waals surface area contributed by atoms with Crippen LogP contribution >= 0.6 is 15.9 Å². The fraction of sp³-hybridized carbons (Fsp3) is 0.0750. The molecule has 0 fully saturated rings. The number of nitrogens with one attached hydrogen (secondary N) is 2. The van der Waals surface area contributed by atoms with Gasteiger partial charge in [0.05, 0.1) is 33.5 Å². The second-order valence-electron chi connectivity index (χ2n) is 12.0. The van der Waals surface area contributed by atoms with Crippen molar-refractivity contribution in [1.82, 2.24) is 9.99 Å². The lowest BCUT2D eigenvalue weighted by atomic mass is 9.92. The number of aryl methyl sites for hydroxylation is 1. The number of aromatic nitrogens is 1. The van der Waals surface area contributed by atoms with E-state index in [1.54, 1.807) is 36.4 Å². The number of hydrogen-bond donors (Lipinski definition) is 2. The number of para-hydroxylation sites is 1. The number of hydrogen-bond acceptors (Lipinski definition) is 5. The van der Waals surface area contributed by atoms with Gasteiger partial charge in [0.15, 0.2) is 0 Å². The van der Waals surface area contributed by atoms with E-state index >= 15 is 0 Å². The van der Waals surface area contributed by atoms with Gasteiger partial charge in [0.25, 0.3) is 21.5 Å². The van der Waals surface area contributed by atoms with Crippen LogP contribution < -0.4 is 10.3 Å². The van der Waals surface area contributed by atoms with Gasteiger partial charge in [-0.15, -0.1) is 0 Å². The third kappa shape index (κ3) is 6.67. The number of anilines is 1. The minimum atomic E-state index is -4.01. The van der Waals surface area contributed by atoms with E-state index in [4.69, 9.17) is 5.10 Å². The quantitative estimate of drug-likeness (QED) is 0.163. The lowest BCUT2D eigenvalue weighted by Gasteiger charge is -2.21. The third-order valence-electron chi connectivity index (χ3n) is 8.52. The summed E-state index contributed by atoms with van der Waals surface area (Å²) in [4.78, 5) is 31.5. The zero-order chi connectivity index (χ0) is 34.8. The monoisotopic (exact) mass is 742 g/mol. The molecular weight excluding hydrogens is 712 g/mol.